The molecule has 39 heavy (non-hydrogen) atoms. The molecule has 3 heterocycles. The van der Waals surface area contributed by atoms with Crippen LogP contribution in [0.15, 0.2) is 126 Å². The van der Waals surface area contributed by atoms with Gasteiger partial charge in [-0.25, -0.2) is 0 Å². The standard InChI is InChI=1S/C35H22N2O2/c1-2-8-24-21(7-1)15-18-26-25-9-3-5-11-29(25)37(33(24)26)23-16-13-22(14-17-23)35-36-28-19-20-31-32(34(28)39-35)27-10-4-6-12-30(27)38-31/h1-20,35-36H. The molecule has 1 aliphatic rings. The third kappa shape index (κ3) is 2.88. The van der Waals surface area contributed by atoms with Gasteiger partial charge in [-0.2, -0.15) is 0 Å². The molecular weight excluding hydrogens is 480 g/mol. The molecule has 0 saturated heterocycles. The Bertz CT molecular complexity index is 2240. The topological polar surface area (TPSA) is 39.3 Å². The van der Waals surface area contributed by atoms with Gasteiger partial charge in [0.05, 0.1) is 22.1 Å². The highest BCUT2D eigenvalue weighted by molar-refractivity contribution is 6.18. The van der Waals surface area contributed by atoms with Crippen molar-refractivity contribution in [2.75, 3.05) is 5.32 Å². The van der Waals surface area contributed by atoms with Gasteiger partial charge in [0, 0.05) is 32.8 Å². The highest BCUT2D eigenvalue weighted by atomic mass is 16.5. The van der Waals surface area contributed by atoms with Crippen molar-refractivity contribution in [3.8, 4) is 11.4 Å². The maximum Gasteiger partial charge on any atom is 0.196 e. The third-order valence-electron chi connectivity index (χ3n) is 8.03. The van der Waals surface area contributed by atoms with Crippen LogP contribution in [0.4, 0.5) is 5.69 Å². The van der Waals surface area contributed by atoms with Gasteiger partial charge in [-0.05, 0) is 41.8 Å². The zero-order valence-corrected chi connectivity index (χ0v) is 20.9. The van der Waals surface area contributed by atoms with Gasteiger partial charge in [0.15, 0.2) is 12.0 Å². The van der Waals surface area contributed by atoms with Crippen molar-refractivity contribution in [2.45, 2.75) is 6.23 Å². The zero-order valence-electron chi connectivity index (χ0n) is 20.9. The molecule has 0 aliphatic carbocycles. The summed E-state index contributed by atoms with van der Waals surface area (Å²) in [5.74, 6) is 0.848. The largest absolute Gasteiger partial charge is 0.464 e. The lowest BCUT2D eigenvalue weighted by Gasteiger charge is -2.14. The van der Waals surface area contributed by atoms with Crippen LogP contribution in [0.1, 0.15) is 11.8 Å². The normalized spacial score (nSPS) is 14.8. The molecular formula is C35H22N2O2. The highest BCUT2D eigenvalue weighted by Crippen LogP contribution is 2.47. The van der Waals surface area contributed by atoms with E-state index in [1.165, 1.54) is 32.6 Å². The second-order valence-electron chi connectivity index (χ2n) is 10.2. The summed E-state index contributed by atoms with van der Waals surface area (Å²) >= 11 is 0. The molecule has 1 unspecified atom stereocenters. The third-order valence-corrected chi connectivity index (χ3v) is 8.03. The number of furan rings is 1. The molecule has 0 amide bonds. The molecule has 1 N–H and O–H groups in total. The Hall–Kier alpha value is -5.22. The number of para-hydroxylation sites is 2. The molecule has 0 bridgehead atoms. The number of nitrogens with zero attached hydrogens (tertiary/aromatic N) is 1. The highest BCUT2D eigenvalue weighted by Gasteiger charge is 2.27. The van der Waals surface area contributed by atoms with Crippen LogP contribution in [0.2, 0.25) is 0 Å². The number of hydrogen-bond acceptors (Lipinski definition) is 3. The van der Waals surface area contributed by atoms with E-state index in [-0.39, 0.29) is 6.23 Å². The first-order chi connectivity index (χ1) is 19.3. The SMILES string of the molecule is c1ccc2c(c1)ccc1c3ccccc3n(-c3ccc(C4Nc5ccc6oc7ccccc7c6c5O4)cc3)c21. The summed E-state index contributed by atoms with van der Waals surface area (Å²) in [5, 5.41) is 10.7. The van der Waals surface area contributed by atoms with E-state index in [4.69, 9.17) is 9.15 Å². The number of anilines is 1. The Morgan fingerprint density at radius 3 is 2.26 bits per heavy atom. The number of nitrogens with one attached hydrogen (secondary N) is 1. The molecule has 184 valence electrons. The lowest BCUT2D eigenvalue weighted by molar-refractivity contribution is 0.263. The van der Waals surface area contributed by atoms with Gasteiger partial charge in [-0.15, -0.1) is 0 Å². The molecule has 8 aromatic rings. The van der Waals surface area contributed by atoms with Crippen LogP contribution in [0.25, 0.3) is 60.2 Å². The molecule has 1 atom stereocenters. The van der Waals surface area contributed by atoms with Crippen molar-refractivity contribution in [1.29, 1.82) is 0 Å². The lowest BCUT2D eigenvalue weighted by atomic mass is 10.1. The van der Waals surface area contributed by atoms with Gasteiger partial charge in [0.2, 0.25) is 0 Å². The Labute approximate surface area is 223 Å². The van der Waals surface area contributed by atoms with Crippen molar-refractivity contribution < 1.29 is 9.15 Å². The van der Waals surface area contributed by atoms with Gasteiger partial charge in [0.25, 0.3) is 0 Å². The first-order valence-electron chi connectivity index (χ1n) is 13.2. The van der Waals surface area contributed by atoms with Crippen LogP contribution in [0, 0.1) is 0 Å². The summed E-state index contributed by atoms with van der Waals surface area (Å²) in [4.78, 5) is 0. The second kappa shape index (κ2) is 7.65. The molecule has 0 radical (unpaired) electrons. The van der Waals surface area contributed by atoms with Crippen LogP contribution in [-0.4, -0.2) is 4.57 Å². The number of rotatable bonds is 2. The summed E-state index contributed by atoms with van der Waals surface area (Å²) in [6, 6.07) is 42.6. The van der Waals surface area contributed by atoms with Crippen LogP contribution in [0.5, 0.6) is 5.75 Å². The first kappa shape index (κ1) is 20.8. The van der Waals surface area contributed by atoms with E-state index in [1.54, 1.807) is 0 Å². The predicted molar refractivity (Wildman–Crippen MR) is 159 cm³/mol. The van der Waals surface area contributed by atoms with Crippen molar-refractivity contribution in [3.05, 3.63) is 127 Å². The number of ether oxygens (including phenoxy) is 1. The van der Waals surface area contributed by atoms with E-state index >= 15 is 0 Å². The molecule has 0 fully saturated rings. The molecule has 0 spiro atoms. The van der Waals surface area contributed by atoms with Crippen molar-refractivity contribution in [3.63, 3.8) is 0 Å². The second-order valence-corrected chi connectivity index (χ2v) is 10.2. The Morgan fingerprint density at radius 1 is 0.590 bits per heavy atom. The molecule has 4 heteroatoms. The number of benzene rings is 6. The number of hydrogen-bond donors (Lipinski definition) is 1. The smallest absolute Gasteiger partial charge is 0.196 e. The summed E-state index contributed by atoms with van der Waals surface area (Å²) in [7, 11) is 0. The van der Waals surface area contributed by atoms with Crippen molar-refractivity contribution in [2.24, 2.45) is 0 Å². The van der Waals surface area contributed by atoms with Gasteiger partial charge in [0.1, 0.15) is 11.2 Å². The van der Waals surface area contributed by atoms with Crippen LogP contribution in [0.3, 0.4) is 0 Å². The van der Waals surface area contributed by atoms with Gasteiger partial charge in [-0.3, -0.25) is 0 Å². The Morgan fingerprint density at radius 2 is 1.36 bits per heavy atom. The molecule has 9 rings (SSSR count). The molecule has 4 nitrogen and oxygen atoms in total. The van der Waals surface area contributed by atoms with Gasteiger partial charge < -0.3 is 19.0 Å². The van der Waals surface area contributed by atoms with E-state index in [0.717, 1.165) is 44.6 Å². The average molecular weight is 503 g/mol. The maximum atomic E-state index is 6.52. The summed E-state index contributed by atoms with van der Waals surface area (Å²) in [5.41, 5.74) is 7.33. The number of fused-ring (bicyclic) bond motifs is 10. The van der Waals surface area contributed by atoms with E-state index in [9.17, 15) is 0 Å². The molecule has 2 aromatic heterocycles. The van der Waals surface area contributed by atoms with Crippen LogP contribution >= 0.6 is 0 Å². The maximum absolute atomic E-state index is 6.52. The molecule has 0 saturated carbocycles. The van der Waals surface area contributed by atoms with Crippen LogP contribution in [-0.2, 0) is 0 Å². The van der Waals surface area contributed by atoms with Gasteiger partial charge >= 0.3 is 0 Å². The average Bonchev–Trinajstić information content (AvgIpc) is 3.68. The minimum absolute atomic E-state index is 0.271. The predicted octanol–water partition coefficient (Wildman–Crippen LogP) is 9.34. The summed E-state index contributed by atoms with van der Waals surface area (Å²) in [6.07, 6.45) is -0.271. The first-order valence-corrected chi connectivity index (χ1v) is 13.2. The van der Waals surface area contributed by atoms with E-state index in [2.05, 4.69) is 101 Å². The molecule has 1 aliphatic heterocycles. The lowest BCUT2D eigenvalue weighted by Crippen LogP contribution is -2.10. The van der Waals surface area contributed by atoms with Crippen molar-refractivity contribution in [1.82, 2.24) is 4.57 Å². The summed E-state index contributed by atoms with van der Waals surface area (Å²) < 4.78 is 15.0. The van der Waals surface area contributed by atoms with Crippen LogP contribution < -0.4 is 10.1 Å². The molecule has 6 aromatic carbocycles. The quantitative estimate of drug-likeness (QED) is 0.256. The Kier molecular flexibility index (Phi) is 4.08. The summed E-state index contributed by atoms with van der Waals surface area (Å²) in [6.45, 7) is 0. The monoisotopic (exact) mass is 502 g/mol. The minimum Gasteiger partial charge on any atom is -0.464 e. The number of aromatic nitrogens is 1. The zero-order chi connectivity index (χ0) is 25.5. The fourth-order valence-electron chi connectivity index (χ4n) is 6.26. The fourth-order valence-corrected chi connectivity index (χ4v) is 6.26. The van der Waals surface area contributed by atoms with Gasteiger partial charge in [-0.1, -0.05) is 84.9 Å². The van der Waals surface area contributed by atoms with Crippen molar-refractivity contribution >= 4 is 60.2 Å². The van der Waals surface area contributed by atoms with E-state index in [0.29, 0.717) is 0 Å². The van der Waals surface area contributed by atoms with E-state index in [1.807, 2.05) is 30.3 Å². The van der Waals surface area contributed by atoms with E-state index < -0.39 is 0 Å². The Balaban J connectivity index is 1.16. The fraction of sp³-hybridized carbons (Fsp3) is 0.0286. The minimum atomic E-state index is -0.271.